The molecule has 0 aliphatic heterocycles. The molecular weight excluding hydrogens is 322 g/mol. The molecule has 1 aromatic carbocycles. The minimum Gasteiger partial charge on any atom is -0.291 e. The number of allylic oxidation sites excluding steroid dienone is 3. The lowest BCUT2D eigenvalue weighted by atomic mass is 9.87. The molecule has 26 heavy (non-hydrogen) atoms. The second kappa shape index (κ2) is 7.77. The van der Waals surface area contributed by atoms with Crippen molar-refractivity contribution in [3.8, 4) is 0 Å². The number of hydroxylamine groups is 1. The van der Waals surface area contributed by atoms with Gasteiger partial charge in [-0.15, -0.1) is 0 Å². The van der Waals surface area contributed by atoms with Crippen molar-refractivity contribution in [2.24, 2.45) is 10.9 Å². The van der Waals surface area contributed by atoms with Gasteiger partial charge in [-0.05, 0) is 44.6 Å². The first-order chi connectivity index (χ1) is 12.6. The topological polar surface area (TPSA) is 56.6 Å². The summed E-state index contributed by atoms with van der Waals surface area (Å²) in [6.07, 6.45) is 11.6. The summed E-state index contributed by atoms with van der Waals surface area (Å²) in [7, 11) is 0. The maximum Gasteiger partial charge on any atom is 0.114 e. The van der Waals surface area contributed by atoms with Gasteiger partial charge in [0.05, 0.1) is 5.70 Å². The number of rotatable bonds is 7. The molecule has 4 nitrogen and oxygen atoms in total. The van der Waals surface area contributed by atoms with Crippen molar-refractivity contribution in [3.05, 3.63) is 59.3 Å². The summed E-state index contributed by atoms with van der Waals surface area (Å²) in [6.45, 7) is 6.11. The highest BCUT2D eigenvalue weighted by Crippen LogP contribution is 2.50. The van der Waals surface area contributed by atoms with E-state index in [1.54, 1.807) is 0 Å². The van der Waals surface area contributed by atoms with Crippen LogP contribution in [0.5, 0.6) is 0 Å². The smallest absolute Gasteiger partial charge is 0.114 e. The SMILES string of the molecule is CC=C(NO)C(/C=N\[C@]1(NC2(c3ccccc3)CCCC2)CC1C)=C/C. The fraction of sp³-hybridized carbons (Fsp3) is 0.500. The molecule has 1 aromatic rings. The van der Waals surface area contributed by atoms with E-state index < -0.39 is 0 Å². The molecule has 2 saturated carbocycles. The number of aliphatic imine (C=N–C) groups is 1. The van der Waals surface area contributed by atoms with E-state index in [-0.39, 0.29) is 11.2 Å². The van der Waals surface area contributed by atoms with Crippen molar-refractivity contribution >= 4 is 6.21 Å². The van der Waals surface area contributed by atoms with E-state index in [0.717, 1.165) is 24.8 Å². The fourth-order valence-corrected chi connectivity index (χ4v) is 4.21. The Balaban J connectivity index is 1.85. The van der Waals surface area contributed by atoms with Crippen molar-refractivity contribution in [1.82, 2.24) is 10.8 Å². The van der Waals surface area contributed by atoms with Crippen molar-refractivity contribution in [2.75, 3.05) is 0 Å². The van der Waals surface area contributed by atoms with Gasteiger partial charge in [0.25, 0.3) is 0 Å². The minimum absolute atomic E-state index is 0.0259. The monoisotopic (exact) mass is 353 g/mol. The van der Waals surface area contributed by atoms with Crippen LogP contribution < -0.4 is 10.8 Å². The second-order valence-electron chi connectivity index (χ2n) is 7.63. The van der Waals surface area contributed by atoms with Crippen LogP contribution in [0.4, 0.5) is 0 Å². The minimum atomic E-state index is -0.206. The molecule has 3 N–H and O–H groups in total. The van der Waals surface area contributed by atoms with Crippen LogP contribution in [0.2, 0.25) is 0 Å². The van der Waals surface area contributed by atoms with Crippen LogP contribution in [0.15, 0.2) is 58.7 Å². The normalized spacial score (nSPS) is 28.5. The zero-order valence-electron chi connectivity index (χ0n) is 16.1. The molecule has 0 amide bonds. The lowest BCUT2D eigenvalue weighted by Crippen LogP contribution is -2.48. The molecule has 0 heterocycles. The van der Waals surface area contributed by atoms with Gasteiger partial charge in [-0.3, -0.25) is 21.0 Å². The van der Waals surface area contributed by atoms with Crippen molar-refractivity contribution in [3.63, 3.8) is 0 Å². The first-order valence-electron chi connectivity index (χ1n) is 9.72. The molecule has 0 radical (unpaired) electrons. The predicted octanol–water partition coefficient (Wildman–Crippen LogP) is 4.68. The Morgan fingerprint density at radius 1 is 1.15 bits per heavy atom. The van der Waals surface area contributed by atoms with Gasteiger partial charge in [0, 0.05) is 17.3 Å². The van der Waals surface area contributed by atoms with Gasteiger partial charge >= 0.3 is 0 Å². The van der Waals surface area contributed by atoms with Gasteiger partial charge in [-0.1, -0.05) is 62.2 Å². The van der Waals surface area contributed by atoms with E-state index in [2.05, 4.69) is 48.1 Å². The van der Waals surface area contributed by atoms with Gasteiger partial charge in [-0.2, -0.15) is 0 Å². The van der Waals surface area contributed by atoms with E-state index in [0.29, 0.717) is 11.6 Å². The molecule has 1 unspecified atom stereocenters. The summed E-state index contributed by atoms with van der Waals surface area (Å²) in [5.74, 6) is 0.509. The Hall–Kier alpha value is -1.91. The predicted molar refractivity (Wildman–Crippen MR) is 107 cm³/mol. The molecule has 0 spiro atoms. The molecule has 4 heteroatoms. The molecule has 2 aliphatic carbocycles. The molecule has 140 valence electrons. The average Bonchev–Trinajstić information content (AvgIpc) is 3.07. The van der Waals surface area contributed by atoms with Gasteiger partial charge < -0.3 is 0 Å². The highest BCUT2D eigenvalue weighted by molar-refractivity contribution is 5.84. The standard InChI is InChI=1S/C22H31N3O/c1-4-18(20(5-2)24-26)16-23-22(15-17(22)3)25-21(13-9-10-14-21)19-11-7-6-8-12-19/h4-8,11-12,16-17,24-26H,9-10,13-15H2,1-3H3/b18-4+,20-5?,23-16-/t17?,22-/m0/s1. The third-order valence-corrected chi connectivity index (χ3v) is 5.98. The van der Waals surface area contributed by atoms with Crippen LogP contribution in [0.1, 0.15) is 58.4 Å². The largest absolute Gasteiger partial charge is 0.291 e. The van der Waals surface area contributed by atoms with E-state index in [9.17, 15) is 5.21 Å². The summed E-state index contributed by atoms with van der Waals surface area (Å²) >= 11 is 0. The third kappa shape index (κ3) is 3.62. The highest BCUT2D eigenvalue weighted by atomic mass is 16.5. The van der Waals surface area contributed by atoms with Gasteiger partial charge in [0.1, 0.15) is 5.66 Å². The Morgan fingerprint density at radius 3 is 2.31 bits per heavy atom. The van der Waals surface area contributed by atoms with Crippen molar-refractivity contribution in [2.45, 2.75) is 64.1 Å². The van der Waals surface area contributed by atoms with E-state index in [1.165, 1.54) is 18.4 Å². The fourth-order valence-electron chi connectivity index (χ4n) is 4.21. The second-order valence-corrected chi connectivity index (χ2v) is 7.63. The lowest BCUT2D eigenvalue weighted by Gasteiger charge is -2.35. The number of hydrogen-bond donors (Lipinski definition) is 3. The summed E-state index contributed by atoms with van der Waals surface area (Å²) in [5.41, 5.74) is 5.03. The molecule has 0 saturated heterocycles. The first-order valence-corrected chi connectivity index (χ1v) is 9.72. The number of benzene rings is 1. The van der Waals surface area contributed by atoms with Crippen LogP contribution in [0.3, 0.4) is 0 Å². The van der Waals surface area contributed by atoms with Gasteiger partial charge in [0.2, 0.25) is 0 Å². The number of nitrogens with one attached hydrogen (secondary N) is 2. The average molecular weight is 354 g/mol. The summed E-state index contributed by atoms with van der Waals surface area (Å²) in [6, 6.07) is 10.8. The van der Waals surface area contributed by atoms with Crippen LogP contribution in [-0.4, -0.2) is 17.1 Å². The Morgan fingerprint density at radius 2 is 1.81 bits per heavy atom. The summed E-state index contributed by atoms with van der Waals surface area (Å²) < 4.78 is 0. The zero-order chi connectivity index (χ0) is 18.6. The zero-order valence-corrected chi connectivity index (χ0v) is 16.1. The number of nitrogens with zero attached hydrogens (tertiary/aromatic N) is 1. The molecule has 2 fully saturated rings. The Bertz CT molecular complexity index is 701. The molecule has 2 atom stereocenters. The first kappa shape index (κ1) is 18.9. The molecule has 3 rings (SSSR count). The van der Waals surface area contributed by atoms with E-state index >= 15 is 0 Å². The molecule has 0 aromatic heterocycles. The highest BCUT2D eigenvalue weighted by Gasteiger charge is 2.55. The number of hydrogen-bond acceptors (Lipinski definition) is 4. The van der Waals surface area contributed by atoms with Crippen LogP contribution >= 0.6 is 0 Å². The summed E-state index contributed by atoms with van der Waals surface area (Å²) in [5, 5.41) is 13.3. The molecule has 0 bridgehead atoms. The van der Waals surface area contributed by atoms with Gasteiger partial charge in [-0.25, -0.2) is 0 Å². The summed E-state index contributed by atoms with van der Waals surface area (Å²) in [4.78, 5) is 4.97. The van der Waals surface area contributed by atoms with Gasteiger partial charge in [0.15, 0.2) is 0 Å². The van der Waals surface area contributed by atoms with Crippen LogP contribution in [-0.2, 0) is 5.54 Å². The third-order valence-electron chi connectivity index (χ3n) is 5.98. The Labute approximate surface area is 157 Å². The Kier molecular flexibility index (Phi) is 5.64. The van der Waals surface area contributed by atoms with Crippen molar-refractivity contribution < 1.29 is 5.21 Å². The van der Waals surface area contributed by atoms with E-state index in [4.69, 9.17) is 4.99 Å². The quantitative estimate of drug-likeness (QED) is 0.379. The lowest BCUT2D eigenvalue weighted by molar-refractivity contribution is 0.204. The van der Waals surface area contributed by atoms with Crippen LogP contribution in [0, 0.1) is 5.92 Å². The van der Waals surface area contributed by atoms with Crippen LogP contribution in [0.25, 0.3) is 0 Å². The maximum absolute atomic E-state index is 9.31. The molecule has 2 aliphatic rings. The van der Waals surface area contributed by atoms with Crippen molar-refractivity contribution in [1.29, 1.82) is 0 Å². The van der Waals surface area contributed by atoms with E-state index in [1.807, 2.05) is 32.2 Å². The maximum atomic E-state index is 9.31. The molecular formula is C22H31N3O.